The number of nitrogens with zero attached hydrogens (tertiary/aromatic N) is 1. The van der Waals surface area contributed by atoms with Crippen LogP contribution >= 0.6 is 11.3 Å². The molecule has 0 saturated carbocycles. The lowest BCUT2D eigenvalue weighted by Gasteiger charge is -2.14. The minimum Gasteiger partial charge on any atom is -0.391 e. The number of thiazole rings is 1. The fraction of sp³-hybridized carbons (Fsp3) is 0.733. The Morgan fingerprint density at radius 3 is 2.62 bits per heavy atom. The summed E-state index contributed by atoms with van der Waals surface area (Å²) in [6.45, 7) is 9.17. The second-order valence-electron chi connectivity index (χ2n) is 6.00. The van der Waals surface area contributed by atoms with Gasteiger partial charge in [-0.2, -0.15) is 0 Å². The molecular formula is C15H27N3O2S. The fourth-order valence-corrected chi connectivity index (χ4v) is 2.78. The van der Waals surface area contributed by atoms with E-state index in [4.69, 9.17) is 0 Å². The Balaban J connectivity index is 2.18. The van der Waals surface area contributed by atoms with Crippen LogP contribution in [0.5, 0.6) is 0 Å². The second kappa shape index (κ2) is 9.00. The normalized spacial score (nSPS) is 12.7. The number of hydrogen-bond acceptors (Lipinski definition) is 4. The third-order valence-electron chi connectivity index (χ3n) is 2.97. The van der Waals surface area contributed by atoms with Gasteiger partial charge < -0.3 is 15.7 Å². The van der Waals surface area contributed by atoms with Gasteiger partial charge in [0.2, 0.25) is 0 Å². The summed E-state index contributed by atoms with van der Waals surface area (Å²) in [5.41, 5.74) is 1.02. The third-order valence-corrected chi connectivity index (χ3v) is 4.17. The molecule has 3 N–H and O–H groups in total. The van der Waals surface area contributed by atoms with Crippen molar-refractivity contribution in [3.05, 3.63) is 16.1 Å². The molecule has 0 spiro atoms. The van der Waals surface area contributed by atoms with Crippen LogP contribution < -0.4 is 10.6 Å². The molecule has 0 radical (unpaired) electrons. The van der Waals surface area contributed by atoms with E-state index in [1.54, 1.807) is 11.3 Å². The molecule has 21 heavy (non-hydrogen) atoms. The molecule has 1 aromatic heterocycles. The number of aliphatic hydroxyl groups excluding tert-OH is 1. The van der Waals surface area contributed by atoms with Crippen molar-refractivity contribution in [3.8, 4) is 0 Å². The van der Waals surface area contributed by atoms with Crippen LogP contribution in [0.15, 0.2) is 5.38 Å². The van der Waals surface area contributed by atoms with Crippen molar-refractivity contribution in [1.82, 2.24) is 15.6 Å². The molecule has 120 valence electrons. The number of nitrogens with one attached hydrogen (secondary N) is 2. The van der Waals surface area contributed by atoms with Crippen LogP contribution in [-0.4, -0.2) is 35.3 Å². The monoisotopic (exact) mass is 313 g/mol. The standard InChI is InChI=1S/C15H27N3O2S/c1-10(2)7-13(19)8-17-15(20)16-6-5-12-9-21-14(18-12)11(3)4/h9-11,13,19H,5-8H2,1-4H3,(H2,16,17,20). The lowest BCUT2D eigenvalue weighted by Crippen LogP contribution is -2.40. The van der Waals surface area contributed by atoms with Gasteiger partial charge in [-0.1, -0.05) is 27.7 Å². The lowest BCUT2D eigenvalue weighted by atomic mass is 10.1. The van der Waals surface area contributed by atoms with Gasteiger partial charge >= 0.3 is 6.03 Å². The Hall–Kier alpha value is -1.14. The minimum absolute atomic E-state index is 0.239. The van der Waals surface area contributed by atoms with E-state index >= 15 is 0 Å². The molecule has 0 fully saturated rings. The quantitative estimate of drug-likeness (QED) is 0.690. The molecule has 1 unspecified atom stereocenters. The Bertz CT molecular complexity index is 432. The van der Waals surface area contributed by atoms with E-state index in [1.807, 2.05) is 19.2 Å². The number of hydrogen-bond donors (Lipinski definition) is 3. The number of amides is 2. The zero-order valence-electron chi connectivity index (χ0n) is 13.3. The van der Waals surface area contributed by atoms with Gasteiger partial charge in [0, 0.05) is 30.8 Å². The van der Waals surface area contributed by atoms with Gasteiger partial charge in [-0.15, -0.1) is 11.3 Å². The predicted molar refractivity (Wildman–Crippen MR) is 86.8 cm³/mol. The summed E-state index contributed by atoms with van der Waals surface area (Å²) in [5.74, 6) is 0.868. The summed E-state index contributed by atoms with van der Waals surface area (Å²) in [6, 6.07) is -0.239. The topological polar surface area (TPSA) is 74.2 Å². The summed E-state index contributed by atoms with van der Waals surface area (Å²) in [7, 11) is 0. The maximum Gasteiger partial charge on any atom is 0.314 e. The zero-order valence-corrected chi connectivity index (χ0v) is 14.2. The lowest BCUT2D eigenvalue weighted by molar-refractivity contribution is 0.147. The molecular weight excluding hydrogens is 286 g/mol. The van der Waals surface area contributed by atoms with Gasteiger partial charge in [0.05, 0.1) is 16.8 Å². The van der Waals surface area contributed by atoms with Crippen molar-refractivity contribution in [2.24, 2.45) is 5.92 Å². The van der Waals surface area contributed by atoms with Crippen LogP contribution in [0.25, 0.3) is 0 Å². The maximum atomic E-state index is 11.6. The summed E-state index contributed by atoms with van der Waals surface area (Å²) in [5, 5.41) is 18.3. The fourth-order valence-electron chi connectivity index (χ4n) is 1.91. The molecule has 0 aromatic carbocycles. The number of aliphatic hydroxyl groups is 1. The Kier molecular flexibility index (Phi) is 7.67. The first kappa shape index (κ1) is 17.9. The number of carbonyl (C=O) groups excluding carboxylic acids is 1. The number of rotatable bonds is 8. The first-order chi connectivity index (χ1) is 9.88. The van der Waals surface area contributed by atoms with Crippen LogP contribution in [0.2, 0.25) is 0 Å². The highest BCUT2D eigenvalue weighted by Crippen LogP contribution is 2.19. The molecule has 6 heteroatoms. The van der Waals surface area contributed by atoms with E-state index in [-0.39, 0.29) is 12.6 Å². The van der Waals surface area contributed by atoms with Gasteiger partial charge in [-0.05, 0) is 12.3 Å². The van der Waals surface area contributed by atoms with Crippen LogP contribution in [0.1, 0.15) is 50.7 Å². The molecule has 1 aromatic rings. The summed E-state index contributed by atoms with van der Waals surface area (Å²) >= 11 is 1.66. The van der Waals surface area contributed by atoms with E-state index in [9.17, 15) is 9.90 Å². The summed E-state index contributed by atoms with van der Waals surface area (Å²) in [6.07, 6.45) is 0.935. The first-order valence-electron chi connectivity index (χ1n) is 7.52. The Morgan fingerprint density at radius 2 is 2.05 bits per heavy atom. The third kappa shape index (κ3) is 7.43. The van der Waals surface area contributed by atoms with Crippen LogP contribution in [0.3, 0.4) is 0 Å². The molecule has 1 atom stereocenters. The maximum absolute atomic E-state index is 11.6. The summed E-state index contributed by atoms with van der Waals surface area (Å²) < 4.78 is 0. The average Bonchev–Trinajstić information content (AvgIpc) is 2.84. The van der Waals surface area contributed by atoms with E-state index in [1.165, 1.54) is 0 Å². The summed E-state index contributed by atoms with van der Waals surface area (Å²) in [4.78, 5) is 16.1. The van der Waals surface area contributed by atoms with Crippen molar-refractivity contribution in [2.45, 2.75) is 52.6 Å². The highest BCUT2D eigenvalue weighted by Gasteiger charge is 2.09. The highest BCUT2D eigenvalue weighted by molar-refractivity contribution is 7.09. The molecule has 1 heterocycles. The van der Waals surface area contributed by atoms with Gasteiger partial charge in [-0.3, -0.25) is 0 Å². The van der Waals surface area contributed by atoms with E-state index in [0.29, 0.717) is 24.8 Å². The smallest absolute Gasteiger partial charge is 0.314 e. The molecule has 1 rings (SSSR count). The van der Waals surface area contributed by atoms with E-state index in [0.717, 1.165) is 17.1 Å². The molecule has 5 nitrogen and oxygen atoms in total. The van der Waals surface area contributed by atoms with Gasteiger partial charge in [0.25, 0.3) is 0 Å². The highest BCUT2D eigenvalue weighted by atomic mass is 32.1. The Morgan fingerprint density at radius 1 is 1.33 bits per heavy atom. The molecule has 2 amide bonds. The molecule has 0 aliphatic heterocycles. The van der Waals surface area contributed by atoms with E-state index in [2.05, 4.69) is 29.5 Å². The number of carbonyl (C=O) groups is 1. The molecule has 0 saturated heterocycles. The van der Waals surface area contributed by atoms with Crippen molar-refractivity contribution < 1.29 is 9.90 Å². The van der Waals surface area contributed by atoms with Crippen LogP contribution in [0.4, 0.5) is 4.79 Å². The zero-order chi connectivity index (χ0) is 15.8. The van der Waals surface area contributed by atoms with Crippen molar-refractivity contribution in [2.75, 3.05) is 13.1 Å². The van der Waals surface area contributed by atoms with Gasteiger partial charge in [0.15, 0.2) is 0 Å². The van der Waals surface area contributed by atoms with Crippen LogP contribution in [0, 0.1) is 5.92 Å². The molecule has 0 aliphatic rings. The van der Waals surface area contributed by atoms with Crippen molar-refractivity contribution in [3.63, 3.8) is 0 Å². The predicted octanol–water partition coefficient (Wildman–Crippen LogP) is 2.52. The van der Waals surface area contributed by atoms with Gasteiger partial charge in [0.1, 0.15) is 0 Å². The second-order valence-corrected chi connectivity index (χ2v) is 6.89. The SMILES string of the molecule is CC(C)CC(O)CNC(=O)NCCc1csc(C(C)C)n1. The molecule has 0 bridgehead atoms. The first-order valence-corrected chi connectivity index (χ1v) is 8.40. The van der Waals surface area contributed by atoms with E-state index < -0.39 is 6.10 Å². The van der Waals surface area contributed by atoms with Crippen molar-refractivity contribution >= 4 is 17.4 Å². The van der Waals surface area contributed by atoms with Crippen LogP contribution in [-0.2, 0) is 6.42 Å². The average molecular weight is 313 g/mol. The van der Waals surface area contributed by atoms with Gasteiger partial charge in [-0.25, -0.2) is 9.78 Å². The molecule has 0 aliphatic carbocycles. The largest absolute Gasteiger partial charge is 0.391 e. The Labute approximate surface area is 131 Å². The number of urea groups is 1. The van der Waals surface area contributed by atoms with Crippen molar-refractivity contribution in [1.29, 1.82) is 0 Å². The minimum atomic E-state index is -0.483. The number of aromatic nitrogens is 1.